The van der Waals surface area contributed by atoms with Crippen molar-refractivity contribution in [1.29, 1.82) is 0 Å². The summed E-state index contributed by atoms with van der Waals surface area (Å²) in [5.74, 6) is 0. The number of nitrogens with zero attached hydrogens (tertiary/aromatic N) is 5. The molecule has 7 heteroatoms. The maximum absolute atomic E-state index is 5.50. The zero-order valence-electron chi connectivity index (χ0n) is 8.16. The molecule has 2 rings (SSSR count). The quantitative estimate of drug-likeness (QED) is 0.799. The van der Waals surface area contributed by atoms with E-state index < -0.39 is 0 Å². The lowest BCUT2D eigenvalue weighted by molar-refractivity contribution is 0.664. The van der Waals surface area contributed by atoms with Crippen LogP contribution in [0.5, 0.6) is 0 Å². The average molecular weight is 222 g/mol. The van der Waals surface area contributed by atoms with Gasteiger partial charge in [0.1, 0.15) is 0 Å². The lowest BCUT2D eigenvalue weighted by Gasteiger charge is -2.00. The summed E-state index contributed by atoms with van der Waals surface area (Å²) in [6.07, 6.45) is 1.73. The van der Waals surface area contributed by atoms with Gasteiger partial charge >= 0.3 is 0 Å². The summed E-state index contributed by atoms with van der Waals surface area (Å²) in [5.41, 5.74) is 6.36. The second kappa shape index (κ2) is 4.37. The first-order valence-corrected chi connectivity index (χ1v) is 5.16. The summed E-state index contributed by atoms with van der Waals surface area (Å²) in [7, 11) is 1.80. The molecule has 15 heavy (non-hydrogen) atoms. The topological polar surface area (TPSA) is 82.5 Å². The molecule has 0 saturated carbocycles. The monoisotopic (exact) mass is 222 g/mol. The third-order valence-corrected chi connectivity index (χ3v) is 2.81. The van der Waals surface area contributed by atoms with Crippen molar-refractivity contribution in [2.75, 3.05) is 0 Å². The Morgan fingerprint density at radius 2 is 2.40 bits per heavy atom. The molecule has 0 spiro atoms. The molecule has 6 nitrogen and oxygen atoms in total. The molecule has 0 aromatic carbocycles. The van der Waals surface area contributed by atoms with Gasteiger partial charge in [0.15, 0.2) is 0 Å². The minimum absolute atomic E-state index is 0.436. The van der Waals surface area contributed by atoms with Crippen molar-refractivity contribution in [2.24, 2.45) is 12.8 Å². The van der Waals surface area contributed by atoms with Gasteiger partial charge in [-0.05, 0) is 34.3 Å². The van der Waals surface area contributed by atoms with Crippen molar-refractivity contribution in [3.05, 3.63) is 24.0 Å². The summed E-state index contributed by atoms with van der Waals surface area (Å²) >= 11 is 1.48. The molecule has 0 saturated heterocycles. The van der Waals surface area contributed by atoms with Crippen molar-refractivity contribution in [3.63, 3.8) is 0 Å². The summed E-state index contributed by atoms with van der Waals surface area (Å²) < 4.78 is 1.62. The summed E-state index contributed by atoms with van der Waals surface area (Å²) in [6, 6.07) is 3.83. The highest BCUT2D eigenvalue weighted by atomic mass is 32.2. The largest absolute Gasteiger partial charge is 0.325 e. The van der Waals surface area contributed by atoms with Crippen LogP contribution in [0, 0.1) is 0 Å². The second-order valence-electron chi connectivity index (χ2n) is 2.87. The van der Waals surface area contributed by atoms with Gasteiger partial charge in [-0.25, -0.2) is 4.68 Å². The highest BCUT2D eigenvalue weighted by Crippen LogP contribution is 2.24. The van der Waals surface area contributed by atoms with Crippen LogP contribution in [0.15, 0.2) is 28.4 Å². The molecule has 2 heterocycles. The molecule has 0 atom stereocenters. The number of rotatable bonds is 3. The molecule has 2 aromatic heterocycles. The number of hydrogen-bond acceptors (Lipinski definition) is 6. The van der Waals surface area contributed by atoms with E-state index in [0.29, 0.717) is 6.54 Å². The minimum atomic E-state index is 0.436. The Morgan fingerprint density at radius 1 is 1.53 bits per heavy atom. The first-order chi connectivity index (χ1) is 7.29. The molecule has 0 radical (unpaired) electrons. The van der Waals surface area contributed by atoms with E-state index in [1.165, 1.54) is 11.8 Å². The van der Waals surface area contributed by atoms with Crippen LogP contribution in [0.4, 0.5) is 0 Å². The number of aryl methyl sites for hydroxylation is 1. The zero-order valence-corrected chi connectivity index (χ0v) is 8.98. The highest BCUT2D eigenvalue weighted by Gasteiger charge is 2.05. The molecule has 78 valence electrons. The number of pyridine rings is 1. The van der Waals surface area contributed by atoms with Crippen molar-refractivity contribution in [2.45, 2.75) is 16.6 Å². The number of aromatic nitrogens is 5. The Balaban J connectivity index is 2.21. The highest BCUT2D eigenvalue weighted by molar-refractivity contribution is 7.99. The normalized spacial score (nSPS) is 10.5. The molecule has 2 N–H and O–H groups in total. The molecule has 0 bridgehead atoms. The fraction of sp³-hybridized carbons (Fsp3) is 0.250. The summed E-state index contributed by atoms with van der Waals surface area (Å²) in [5, 5.41) is 11.9. The third kappa shape index (κ3) is 2.31. The van der Waals surface area contributed by atoms with Gasteiger partial charge in [-0.15, -0.1) is 5.10 Å². The van der Waals surface area contributed by atoms with Crippen molar-refractivity contribution < 1.29 is 0 Å². The number of tetrazole rings is 1. The maximum Gasteiger partial charge on any atom is 0.213 e. The molecular formula is C8H10N6S. The van der Waals surface area contributed by atoms with Gasteiger partial charge in [0.05, 0.1) is 5.69 Å². The fourth-order valence-corrected chi connectivity index (χ4v) is 1.82. The molecule has 0 aliphatic heterocycles. The van der Waals surface area contributed by atoms with E-state index in [4.69, 9.17) is 5.73 Å². The lowest BCUT2D eigenvalue weighted by atomic mass is 10.3. The SMILES string of the molecule is Cn1nnnc1Sc1ccnc(CN)c1. The van der Waals surface area contributed by atoms with Crippen molar-refractivity contribution in [1.82, 2.24) is 25.2 Å². The van der Waals surface area contributed by atoms with E-state index in [0.717, 1.165) is 15.7 Å². The standard InChI is InChI=1S/C8H10N6S/c1-14-8(11-12-13-14)15-7-2-3-10-6(4-7)5-9/h2-4H,5,9H2,1H3. The van der Waals surface area contributed by atoms with E-state index in [9.17, 15) is 0 Å². The summed E-state index contributed by atoms with van der Waals surface area (Å²) in [4.78, 5) is 5.14. The predicted molar refractivity (Wildman–Crippen MR) is 55.0 cm³/mol. The molecule has 0 amide bonds. The van der Waals surface area contributed by atoms with Crippen molar-refractivity contribution >= 4 is 11.8 Å². The molecule has 2 aromatic rings. The van der Waals surface area contributed by atoms with Gasteiger partial charge in [-0.2, -0.15) is 0 Å². The van der Waals surface area contributed by atoms with E-state index in [2.05, 4.69) is 20.5 Å². The van der Waals surface area contributed by atoms with Gasteiger partial charge in [0.2, 0.25) is 5.16 Å². The number of nitrogens with two attached hydrogens (primary N) is 1. The Kier molecular flexibility index (Phi) is 2.93. The van der Waals surface area contributed by atoms with Gasteiger partial charge in [0.25, 0.3) is 0 Å². The average Bonchev–Trinajstić information content (AvgIpc) is 2.65. The third-order valence-electron chi connectivity index (χ3n) is 1.79. The second-order valence-corrected chi connectivity index (χ2v) is 3.91. The molecule has 0 aliphatic carbocycles. The molecular weight excluding hydrogens is 212 g/mol. The lowest BCUT2D eigenvalue weighted by Crippen LogP contribution is -1.99. The zero-order chi connectivity index (χ0) is 10.7. The Bertz CT molecular complexity index is 454. The van der Waals surface area contributed by atoms with Crippen LogP contribution < -0.4 is 5.73 Å². The van der Waals surface area contributed by atoms with E-state index >= 15 is 0 Å². The van der Waals surface area contributed by atoms with Gasteiger partial charge < -0.3 is 5.73 Å². The first-order valence-electron chi connectivity index (χ1n) is 4.35. The van der Waals surface area contributed by atoms with E-state index in [-0.39, 0.29) is 0 Å². The van der Waals surface area contributed by atoms with Crippen LogP contribution in [0.2, 0.25) is 0 Å². The van der Waals surface area contributed by atoms with Crippen LogP contribution >= 0.6 is 11.8 Å². The van der Waals surface area contributed by atoms with E-state index in [1.54, 1.807) is 17.9 Å². The van der Waals surface area contributed by atoms with Crippen LogP contribution in [-0.2, 0) is 13.6 Å². The Morgan fingerprint density at radius 3 is 3.07 bits per heavy atom. The predicted octanol–water partition coefficient (Wildman–Crippen LogP) is 0.215. The summed E-state index contributed by atoms with van der Waals surface area (Å²) in [6.45, 7) is 0.436. The Hall–Kier alpha value is -1.47. The van der Waals surface area contributed by atoms with Crippen LogP contribution in [-0.4, -0.2) is 25.2 Å². The maximum atomic E-state index is 5.50. The van der Waals surface area contributed by atoms with Gasteiger partial charge in [-0.3, -0.25) is 4.98 Å². The number of hydrogen-bond donors (Lipinski definition) is 1. The smallest absolute Gasteiger partial charge is 0.213 e. The van der Waals surface area contributed by atoms with Gasteiger partial charge in [0, 0.05) is 24.7 Å². The van der Waals surface area contributed by atoms with Crippen LogP contribution in [0.1, 0.15) is 5.69 Å². The molecule has 0 fully saturated rings. The molecule has 0 unspecified atom stereocenters. The first kappa shape index (κ1) is 10.1. The van der Waals surface area contributed by atoms with Crippen LogP contribution in [0.25, 0.3) is 0 Å². The van der Waals surface area contributed by atoms with Crippen molar-refractivity contribution in [3.8, 4) is 0 Å². The minimum Gasteiger partial charge on any atom is -0.325 e. The fourth-order valence-electron chi connectivity index (χ4n) is 1.04. The Labute approximate surface area is 90.9 Å². The van der Waals surface area contributed by atoms with E-state index in [1.807, 2.05) is 12.1 Å². The van der Waals surface area contributed by atoms with Crippen LogP contribution in [0.3, 0.4) is 0 Å². The molecule has 0 aliphatic rings. The van der Waals surface area contributed by atoms with Gasteiger partial charge in [-0.1, -0.05) is 0 Å².